The first-order valence-corrected chi connectivity index (χ1v) is 29.2. The van der Waals surface area contributed by atoms with Crippen molar-refractivity contribution in [3.8, 4) is 0 Å². The number of nitrogens with one attached hydrogen (secondary N) is 1. The molecule has 0 spiro atoms. The Labute approximate surface area is 405 Å². The van der Waals surface area contributed by atoms with E-state index in [4.69, 9.17) is 0 Å². The molecule has 0 heterocycles. The fraction of sp³-hybridized carbons (Fsp3) is 0.915. The molecule has 0 aliphatic carbocycles. The predicted octanol–water partition coefficient (Wildman–Crippen LogP) is 17.0. The number of hydrogen-bond donors (Lipinski definition) is 5. The van der Waals surface area contributed by atoms with Gasteiger partial charge in [-0.25, -0.2) is 0 Å². The van der Waals surface area contributed by atoms with Crippen molar-refractivity contribution in [1.29, 1.82) is 0 Å². The first kappa shape index (κ1) is 63.8. The minimum atomic E-state index is -1.28. The van der Waals surface area contributed by atoms with Crippen LogP contribution in [0.5, 0.6) is 0 Å². The van der Waals surface area contributed by atoms with Gasteiger partial charge in [0.1, 0.15) is 12.2 Å². The van der Waals surface area contributed by atoms with E-state index in [9.17, 15) is 25.2 Å². The Balaban J connectivity index is 3.64. The van der Waals surface area contributed by atoms with E-state index in [1.165, 1.54) is 244 Å². The maximum atomic E-state index is 12.6. The Morgan fingerprint density at radius 3 is 0.923 bits per heavy atom. The molecule has 0 aromatic heterocycles. The van der Waals surface area contributed by atoms with Gasteiger partial charge < -0.3 is 25.7 Å². The molecule has 4 unspecified atom stereocenters. The molecule has 0 saturated carbocycles. The highest BCUT2D eigenvalue weighted by Gasteiger charge is 2.28. The molecule has 0 aliphatic rings. The lowest BCUT2D eigenvalue weighted by Gasteiger charge is -2.27. The van der Waals surface area contributed by atoms with Crippen LogP contribution in [0, 0.1) is 0 Å². The summed E-state index contributed by atoms with van der Waals surface area (Å²) in [5.41, 5.74) is 0. The molecule has 5 N–H and O–H groups in total. The largest absolute Gasteiger partial charge is 0.394 e. The topological polar surface area (TPSA) is 110 Å². The molecule has 0 aromatic rings. The SMILES string of the molecule is CCCCCCCCCCCCC/C=C\CCCCCCCCC(O)C(=O)NC(CO)C(O)C(O)CCC/C=C/CCCCCCCCCCCCCCCCCCCCCCCCC. The normalized spacial score (nSPS) is 13.9. The van der Waals surface area contributed by atoms with Gasteiger partial charge in [0.05, 0.1) is 18.8 Å². The van der Waals surface area contributed by atoms with E-state index in [-0.39, 0.29) is 0 Å². The van der Waals surface area contributed by atoms with Gasteiger partial charge in [0, 0.05) is 0 Å². The third kappa shape index (κ3) is 47.6. The summed E-state index contributed by atoms with van der Waals surface area (Å²) >= 11 is 0. The number of hydrogen-bond acceptors (Lipinski definition) is 5. The molecule has 0 saturated heterocycles. The van der Waals surface area contributed by atoms with E-state index < -0.39 is 36.9 Å². The van der Waals surface area contributed by atoms with Gasteiger partial charge >= 0.3 is 0 Å². The van der Waals surface area contributed by atoms with E-state index in [1.807, 2.05) is 0 Å². The van der Waals surface area contributed by atoms with E-state index in [0.717, 1.165) is 44.9 Å². The van der Waals surface area contributed by atoms with Crippen molar-refractivity contribution in [1.82, 2.24) is 5.32 Å². The highest BCUT2D eigenvalue weighted by molar-refractivity contribution is 5.80. The average molecular weight is 919 g/mol. The van der Waals surface area contributed by atoms with Gasteiger partial charge in [-0.05, 0) is 64.2 Å². The standard InChI is InChI=1S/C59H115NO5/c1-3-5-7-9-11-13-15-17-19-21-23-25-26-27-28-29-30-31-33-34-36-38-40-42-44-46-48-50-52-56(62)58(64)55(54-61)60-59(65)57(63)53-51-49-47-45-43-41-39-37-35-32-24-22-20-18-16-14-12-10-8-6-4-2/h35,37,44,46,55-58,61-64H,3-34,36,38-43,45,47-54H2,1-2H3,(H,60,65)/b37-35-,46-44+. The number of amides is 1. The zero-order valence-electron chi connectivity index (χ0n) is 43.8. The van der Waals surface area contributed by atoms with Crippen molar-refractivity contribution in [2.24, 2.45) is 0 Å². The van der Waals surface area contributed by atoms with Crippen molar-refractivity contribution in [2.75, 3.05) is 6.61 Å². The second kappa shape index (κ2) is 53.7. The molecule has 0 aliphatic heterocycles. The number of unbranched alkanes of at least 4 members (excludes halogenated alkanes) is 41. The lowest BCUT2D eigenvalue weighted by atomic mass is 10.00. The van der Waals surface area contributed by atoms with Gasteiger partial charge in [0.25, 0.3) is 0 Å². The monoisotopic (exact) mass is 918 g/mol. The number of rotatable bonds is 54. The highest BCUT2D eigenvalue weighted by atomic mass is 16.3. The number of carbonyl (C=O) groups excluding carboxylic acids is 1. The smallest absolute Gasteiger partial charge is 0.249 e. The van der Waals surface area contributed by atoms with Crippen LogP contribution in [-0.4, -0.2) is 57.3 Å². The Morgan fingerprint density at radius 2 is 0.631 bits per heavy atom. The van der Waals surface area contributed by atoms with E-state index in [0.29, 0.717) is 12.8 Å². The maximum absolute atomic E-state index is 12.6. The minimum Gasteiger partial charge on any atom is -0.394 e. The second-order valence-electron chi connectivity index (χ2n) is 20.3. The van der Waals surface area contributed by atoms with Gasteiger partial charge in [0.15, 0.2) is 0 Å². The molecule has 6 nitrogen and oxygen atoms in total. The summed E-state index contributed by atoms with van der Waals surface area (Å²) < 4.78 is 0. The van der Waals surface area contributed by atoms with Crippen LogP contribution >= 0.6 is 0 Å². The molecule has 0 rings (SSSR count). The summed E-state index contributed by atoms with van der Waals surface area (Å²) in [5, 5.41) is 44.0. The Hall–Kier alpha value is -1.21. The third-order valence-corrected chi connectivity index (χ3v) is 13.9. The first-order valence-electron chi connectivity index (χ1n) is 29.2. The molecular weight excluding hydrogens is 803 g/mol. The van der Waals surface area contributed by atoms with Crippen LogP contribution in [0.25, 0.3) is 0 Å². The zero-order valence-corrected chi connectivity index (χ0v) is 43.8. The van der Waals surface area contributed by atoms with Crippen LogP contribution in [0.1, 0.15) is 316 Å². The summed E-state index contributed by atoms with van der Waals surface area (Å²) in [5.74, 6) is -0.594. The number of aliphatic hydroxyl groups is 4. The van der Waals surface area contributed by atoms with Crippen LogP contribution in [0.2, 0.25) is 0 Å². The van der Waals surface area contributed by atoms with Gasteiger partial charge in [0.2, 0.25) is 5.91 Å². The van der Waals surface area contributed by atoms with Gasteiger partial charge in [-0.3, -0.25) is 4.79 Å². The fourth-order valence-corrected chi connectivity index (χ4v) is 9.29. The molecule has 65 heavy (non-hydrogen) atoms. The van der Waals surface area contributed by atoms with E-state index in [2.05, 4.69) is 43.5 Å². The van der Waals surface area contributed by atoms with E-state index in [1.54, 1.807) is 0 Å². The van der Waals surface area contributed by atoms with Crippen LogP contribution in [-0.2, 0) is 4.79 Å². The van der Waals surface area contributed by atoms with E-state index >= 15 is 0 Å². The summed E-state index contributed by atoms with van der Waals surface area (Å²) in [6.45, 7) is 4.08. The summed E-state index contributed by atoms with van der Waals surface area (Å²) in [6.07, 6.45) is 65.4. The van der Waals surface area contributed by atoms with Crippen LogP contribution < -0.4 is 5.32 Å². The average Bonchev–Trinajstić information content (AvgIpc) is 3.31. The fourth-order valence-electron chi connectivity index (χ4n) is 9.29. The van der Waals surface area contributed by atoms with Crippen LogP contribution in [0.3, 0.4) is 0 Å². The highest BCUT2D eigenvalue weighted by Crippen LogP contribution is 2.18. The Kier molecular flexibility index (Phi) is 52.7. The molecule has 0 fully saturated rings. The molecular formula is C59H115NO5. The van der Waals surface area contributed by atoms with Crippen LogP contribution in [0.4, 0.5) is 0 Å². The van der Waals surface area contributed by atoms with Crippen molar-refractivity contribution >= 4 is 5.91 Å². The first-order chi connectivity index (χ1) is 32.0. The summed E-state index contributed by atoms with van der Waals surface area (Å²) in [7, 11) is 0. The van der Waals surface area contributed by atoms with Gasteiger partial charge in [-0.15, -0.1) is 0 Å². The molecule has 0 bridgehead atoms. The number of aliphatic hydroxyl groups excluding tert-OH is 4. The second-order valence-corrected chi connectivity index (χ2v) is 20.3. The quantitative estimate of drug-likeness (QED) is 0.0308. The molecule has 386 valence electrons. The minimum absolute atomic E-state index is 0.358. The maximum Gasteiger partial charge on any atom is 0.249 e. The molecule has 1 amide bonds. The third-order valence-electron chi connectivity index (χ3n) is 13.9. The lowest BCUT2D eigenvalue weighted by Crippen LogP contribution is -2.53. The van der Waals surface area contributed by atoms with Gasteiger partial charge in [-0.1, -0.05) is 276 Å². The van der Waals surface area contributed by atoms with Crippen molar-refractivity contribution in [3.05, 3.63) is 24.3 Å². The molecule has 0 aromatic carbocycles. The summed E-state index contributed by atoms with van der Waals surface area (Å²) in [4.78, 5) is 12.6. The predicted molar refractivity (Wildman–Crippen MR) is 284 cm³/mol. The number of carbonyl (C=O) groups is 1. The Morgan fingerprint density at radius 1 is 0.369 bits per heavy atom. The van der Waals surface area contributed by atoms with Crippen LogP contribution in [0.15, 0.2) is 24.3 Å². The van der Waals surface area contributed by atoms with Crippen molar-refractivity contribution in [3.63, 3.8) is 0 Å². The zero-order chi connectivity index (χ0) is 47.4. The Bertz CT molecular complexity index is 986. The summed E-state index contributed by atoms with van der Waals surface area (Å²) in [6, 6.07) is -1.00. The van der Waals surface area contributed by atoms with Gasteiger partial charge in [-0.2, -0.15) is 0 Å². The molecule has 4 atom stereocenters. The van der Waals surface area contributed by atoms with Crippen molar-refractivity contribution < 1.29 is 25.2 Å². The molecule has 0 radical (unpaired) electrons. The lowest BCUT2D eigenvalue weighted by molar-refractivity contribution is -0.132. The van der Waals surface area contributed by atoms with Crippen molar-refractivity contribution in [2.45, 2.75) is 340 Å². The number of allylic oxidation sites excluding steroid dienone is 4. The molecule has 6 heteroatoms.